The average Bonchev–Trinajstić information content (AvgIpc) is 2.99. The molecule has 2 unspecified atom stereocenters. The van der Waals surface area contributed by atoms with Crippen molar-refractivity contribution in [2.24, 2.45) is 11.3 Å². The highest BCUT2D eigenvalue weighted by Gasteiger charge is 2.37. The third-order valence-corrected chi connectivity index (χ3v) is 6.00. The summed E-state index contributed by atoms with van der Waals surface area (Å²) in [5, 5.41) is 13.6. The van der Waals surface area contributed by atoms with Crippen molar-refractivity contribution in [3.63, 3.8) is 0 Å². The number of nitrogens with one attached hydrogen (secondary N) is 1. The molecule has 3 saturated carbocycles. The van der Waals surface area contributed by atoms with Crippen LogP contribution in [0.2, 0.25) is 0 Å². The van der Waals surface area contributed by atoms with E-state index in [1.54, 1.807) is 0 Å². The average molecular weight is 251 g/mol. The fourth-order valence-corrected chi connectivity index (χ4v) is 4.63. The summed E-state index contributed by atoms with van der Waals surface area (Å²) in [5.74, 6) is 0.535. The van der Waals surface area contributed by atoms with E-state index in [0.717, 1.165) is 24.4 Å². The molecule has 2 nitrogen and oxygen atoms in total. The predicted molar refractivity (Wildman–Crippen MR) is 74.5 cm³/mol. The quantitative estimate of drug-likeness (QED) is 0.807. The lowest BCUT2D eigenvalue weighted by Crippen LogP contribution is -2.40. The molecular formula is C16H29NO. The fourth-order valence-electron chi connectivity index (χ4n) is 4.63. The van der Waals surface area contributed by atoms with Crippen LogP contribution in [0.5, 0.6) is 0 Å². The van der Waals surface area contributed by atoms with Crippen molar-refractivity contribution in [2.45, 2.75) is 82.8 Å². The van der Waals surface area contributed by atoms with Gasteiger partial charge in [-0.2, -0.15) is 0 Å². The highest BCUT2D eigenvalue weighted by atomic mass is 16.3. The molecule has 0 aromatic heterocycles. The van der Waals surface area contributed by atoms with Crippen LogP contribution in [0.1, 0.15) is 70.6 Å². The Morgan fingerprint density at radius 2 is 1.61 bits per heavy atom. The predicted octanol–water partition coefficient (Wildman–Crippen LogP) is 3.24. The highest BCUT2D eigenvalue weighted by molar-refractivity contribution is 4.91. The van der Waals surface area contributed by atoms with Crippen molar-refractivity contribution in [1.82, 2.24) is 5.32 Å². The normalized spacial score (nSPS) is 36.5. The number of hydrogen-bond acceptors (Lipinski definition) is 2. The molecule has 104 valence electrons. The Morgan fingerprint density at radius 3 is 2.22 bits per heavy atom. The van der Waals surface area contributed by atoms with Crippen LogP contribution in [0, 0.1) is 11.3 Å². The summed E-state index contributed by atoms with van der Waals surface area (Å²) >= 11 is 0. The number of hydrogen-bond donors (Lipinski definition) is 2. The van der Waals surface area contributed by atoms with E-state index in [-0.39, 0.29) is 6.10 Å². The van der Waals surface area contributed by atoms with Gasteiger partial charge in [-0.15, -0.1) is 0 Å². The smallest absolute Gasteiger partial charge is 0.0580 e. The lowest BCUT2D eigenvalue weighted by Gasteiger charge is -2.38. The van der Waals surface area contributed by atoms with E-state index in [1.165, 1.54) is 64.2 Å². The van der Waals surface area contributed by atoms with Gasteiger partial charge in [0.1, 0.15) is 0 Å². The molecule has 0 saturated heterocycles. The summed E-state index contributed by atoms with van der Waals surface area (Å²) in [5.41, 5.74) is 0.755. The van der Waals surface area contributed by atoms with Crippen LogP contribution in [-0.2, 0) is 0 Å². The molecule has 1 spiro atoms. The first-order valence-electron chi connectivity index (χ1n) is 8.19. The minimum Gasteiger partial charge on any atom is -0.393 e. The fraction of sp³-hybridized carbons (Fsp3) is 1.00. The molecule has 18 heavy (non-hydrogen) atoms. The zero-order chi connectivity index (χ0) is 12.4. The van der Waals surface area contributed by atoms with Crippen LogP contribution in [0.3, 0.4) is 0 Å². The van der Waals surface area contributed by atoms with Gasteiger partial charge in [0, 0.05) is 12.6 Å². The summed E-state index contributed by atoms with van der Waals surface area (Å²) < 4.78 is 0. The van der Waals surface area contributed by atoms with Gasteiger partial charge in [0.15, 0.2) is 0 Å². The minimum atomic E-state index is -0.0257. The highest BCUT2D eigenvalue weighted by Crippen LogP contribution is 2.48. The van der Waals surface area contributed by atoms with Crippen LogP contribution >= 0.6 is 0 Å². The zero-order valence-electron chi connectivity index (χ0n) is 11.7. The first-order chi connectivity index (χ1) is 8.77. The molecular weight excluding hydrogens is 222 g/mol. The maximum atomic E-state index is 9.85. The summed E-state index contributed by atoms with van der Waals surface area (Å²) in [7, 11) is 0. The molecule has 0 aromatic rings. The van der Waals surface area contributed by atoms with Crippen molar-refractivity contribution in [1.29, 1.82) is 0 Å². The van der Waals surface area contributed by atoms with Gasteiger partial charge in [-0.25, -0.2) is 0 Å². The first kappa shape index (κ1) is 12.9. The van der Waals surface area contributed by atoms with Crippen molar-refractivity contribution in [3.8, 4) is 0 Å². The van der Waals surface area contributed by atoms with E-state index in [4.69, 9.17) is 0 Å². The molecule has 0 radical (unpaired) electrons. The second-order valence-electron chi connectivity index (χ2n) is 7.15. The largest absolute Gasteiger partial charge is 0.393 e. The number of rotatable bonds is 3. The molecule has 3 fully saturated rings. The first-order valence-corrected chi connectivity index (χ1v) is 8.19. The zero-order valence-corrected chi connectivity index (χ0v) is 11.7. The van der Waals surface area contributed by atoms with Crippen molar-refractivity contribution in [2.75, 3.05) is 6.54 Å². The second-order valence-corrected chi connectivity index (χ2v) is 7.15. The molecule has 3 rings (SSSR count). The summed E-state index contributed by atoms with van der Waals surface area (Å²) in [6.07, 6.45) is 15.1. The Morgan fingerprint density at radius 1 is 0.889 bits per heavy atom. The maximum absolute atomic E-state index is 9.85. The van der Waals surface area contributed by atoms with E-state index < -0.39 is 0 Å². The number of aliphatic hydroxyl groups excluding tert-OH is 1. The van der Waals surface area contributed by atoms with E-state index >= 15 is 0 Å². The van der Waals surface area contributed by atoms with Gasteiger partial charge in [-0.1, -0.05) is 19.3 Å². The lowest BCUT2D eigenvalue weighted by atomic mass is 9.71. The van der Waals surface area contributed by atoms with E-state index in [0.29, 0.717) is 5.92 Å². The summed E-state index contributed by atoms with van der Waals surface area (Å²) in [6.45, 7) is 1.05. The van der Waals surface area contributed by atoms with E-state index in [2.05, 4.69) is 5.32 Å². The van der Waals surface area contributed by atoms with Gasteiger partial charge in [0.05, 0.1) is 6.10 Å². The summed E-state index contributed by atoms with van der Waals surface area (Å²) in [4.78, 5) is 0. The van der Waals surface area contributed by atoms with Crippen molar-refractivity contribution < 1.29 is 5.11 Å². The van der Waals surface area contributed by atoms with Gasteiger partial charge in [-0.05, 0) is 62.7 Å². The molecule has 0 bridgehead atoms. The molecule has 2 N–H and O–H groups in total. The molecule has 0 aromatic carbocycles. The Bertz CT molecular complexity index is 262. The second kappa shape index (κ2) is 5.50. The van der Waals surface area contributed by atoms with Gasteiger partial charge >= 0.3 is 0 Å². The molecule has 0 aliphatic heterocycles. The van der Waals surface area contributed by atoms with Gasteiger partial charge in [0.25, 0.3) is 0 Å². The third kappa shape index (κ3) is 2.75. The Kier molecular flexibility index (Phi) is 3.95. The van der Waals surface area contributed by atoms with Crippen LogP contribution in [-0.4, -0.2) is 23.8 Å². The molecule has 2 heteroatoms. The minimum absolute atomic E-state index is 0.0257. The summed E-state index contributed by atoms with van der Waals surface area (Å²) in [6, 6.07) is 0.740. The SMILES string of the molecule is OC1CCCC1CNC1CCC2(CCCC2)CC1. The van der Waals surface area contributed by atoms with Crippen molar-refractivity contribution >= 4 is 0 Å². The molecule has 0 amide bonds. The Balaban J connectivity index is 1.40. The van der Waals surface area contributed by atoms with Crippen LogP contribution in [0.4, 0.5) is 0 Å². The van der Waals surface area contributed by atoms with Gasteiger partial charge in [-0.3, -0.25) is 0 Å². The van der Waals surface area contributed by atoms with Gasteiger partial charge < -0.3 is 10.4 Å². The molecule has 2 atom stereocenters. The number of aliphatic hydroxyl groups is 1. The topological polar surface area (TPSA) is 32.3 Å². The molecule has 3 aliphatic carbocycles. The van der Waals surface area contributed by atoms with Crippen LogP contribution in [0.25, 0.3) is 0 Å². The van der Waals surface area contributed by atoms with Crippen molar-refractivity contribution in [3.05, 3.63) is 0 Å². The molecule has 3 aliphatic rings. The standard InChI is InChI=1S/C16H29NO/c18-15-5-3-4-13(15)12-17-14-6-10-16(11-7-14)8-1-2-9-16/h13-15,17-18H,1-12H2. The van der Waals surface area contributed by atoms with Crippen LogP contribution < -0.4 is 5.32 Å². The van der Waals surface area contributed by atoms with Gasteiger partial charge in [0.2, 0.25) is 0 Å². The third-order valence-electron chi connectivity index (χ3n) is 6.00. The Labute approximate surface area is 112 Å². The lowest BCUT2D eigenvalue weighted by molar-refractivity contribution is 0.121. The maximum Gasteiger partial charge on any atom is 0.0580 e. The van der Waals surface area contributed by atoms with Crippen LogP contribution in [0.15, 0.2) is 0 Å². The van der Waals surface area contributed by atoms with E-state index in [9.17, 15) is 5.11 Å². The monoisotopic (exact) mass is 251 g/mol. The molecule has 0 heterocycles. The van der Waals surface area contributed by atoms with E-state index in [1.807, 2.05) is 0 Å². The Hall–Kier alpha value is -0.0800.